The van der Waals surface area contributed by atoms with Gasteiger partial charge in [-0.2, -0.15) is 0 Å². The fraction of sp³-hybridized carbons (Fsp3) is 0.176. The summed E-state index contributed by atoms with van der Waals surface area (Å²) in [5, 5.41) is 4.24. The molecule has 4 heteroatoms. The predicted octanol–water partition coefficient (Wildman–Crippen LogP) is 4.49. The molecule has 0 saturated heterocycles. The summed E-state index contributed by atoms with van der Waals surface area (Å²) < 4.78 is 12.8. The summed E-state index contributed by atoms with van der Waals surface area (Å²) in [6, 6.07) is 15.9. The van der Waals surface area contributed by atoms with Crippen LogP contribution in [0.2, 0.25) is 0 Å². The van der Waals surface area contributed by atoms with Gasteiger partial charge in [0.25, 0.3) is 0 Å². The maximum Gasteiger partial charge on any atom is 0.134 e. The van der Waals surface area contributed by atoms with Crippen LogP contribution < -0.4 is 10.1 Å². The van der Waals surface area contributed by atoms with Crippen molar-refractivity contribution in [1.82, 2.24) is 5.32 Å². The van der Waals surface area contributed by atoms with Gasteiger partial charge in [-0.1, -0.05) is 30.3 Å². The highest BCUT2D eigenvalue weighted by Gasteiger charge is 2.14. The summed E-state index contributed by atoms with van der Waals surface area (Å²) in [5.74, 6) is 1.75. The molecule has 1 heterocycles. The lowest BCUT2D eigenvalue weighted by atomic mass is 10.1. The molecule has 1 aromatic heterocycles. The smallest absolute Gasteiger partial charge is 0.134 e. The summed E-state index contributed by atoms with van der Waals surface area (Å²) in [4.78, 5) is 0. The average molecular weight is 346 g/mol. The van der Waals surface area contributed by atoms with Crippen molar-refractivity contribution in [2.75, 3.05) is 7.05 Å². The quantitative estimate of drug-likeness (QED) is 0.739. The van der Waals surface area contributed by atoms with E-state index in [1.54, 1.807) is 0 Å². The van der Waals surface area contributed by atoms with Crippen molar-refractivity contribution in [3.8, 4) is 5.75 Å². The van der Waals surface area contributed by atoms with Gasteiger partial charge in [0.1, 0.15) is 23.7 Å². The Morgan fingerprint density at radius 1 is 1.10 bits per heavy atom. The molecule has 0 aliphatic carbocycles. The molecule has 0 fully saturated rings. The maximum absolute atomic E-state index is 5.94. The first-order valence-corrected chi connectivity index (χ1v) is 7.60. The van der Waals surface area contributed by atoms with Gasteiger partial charge in [-0.05, 0) is 41.2 Å². The number of ether oxygens (including phenoxy) is 1. The first kappa shape index (κ1) is 14.2. The Balaban J connectivity index is 1.92. The molecule has 0 aliphatic heterocycles. The van der Waals surface area contributed by atoms with Crippen molar-refractivity contribution in [3.05, 3.63) is 64.3 Å². The molecule has 3 nitrogen and oxygen atoms in total. The van der Waals surface area contributed by atoms with Crippen LogP contribution in [0.4, 0.5) is 0 Å². The van der Waals surface area contributed by atoms with Crippen molar-refractivity contribution in [1.29, 1.82) is 0 Å². The SMILES string of the molecule is CNCc1oc2ccccc2c1COc1ccccc1Br. The number of nitrogens with one attached hydrogen (secondary N) is 1. The van der Waals surface area contributed by atoms with E-state index in [0.717, 1.165) is 32.5 Å². The molecule has 0 spiro atoms. The molecule has 0 bridgehead atoms. The largest absolute Gasteiger partial charge is 0.488 e. The van der Waals surface area contributed by atoms with Crippen LogP contribution >= 0.6 is 15.9 Å². The summed E-state index contributed by atoms with van der Waals surface area (Å²) in [6.45, 7) is 1.17. The topological polar surface area (TPSA) is 34.4 Å². The lowest BCUT2D eigenvalue weighted by Gasteiger charge is -2.08. The zero-order chi connectivity index (χ0) is 14.7. The van der Waals surface area contributed by atoms with E-state index in [1.807, 2.05) is 49.5 Å². The highest BCUT2D eigenvalue weighted by molar-refractivity contribution is 9.10. The standard InChI is InChI=1S/C17H16BrNO2/c1-19-10-17-13(12-6-2-4-8-15(12)21-17)11-20-16-9-5-3-7-14(16)18/h2-9,19H,10-11H2,1H3. The van der Waals surface area contributed by atoms with Crippen LogP contribution in [0.1, 0.15) is 11.3 Å². The van der Waals surface area contributed by atoms with Crippen LogP contribution in [0.25, 0.3) is 11.0 Å². The van der Waals surface area contributed by atoms with Gasteiger partial charge in [-0.15, -0.1) is 0 Å². The van der Waals surface area contributed by atoms with Crippen molar-refractivity contribution in [3.63, 3.8) is 0 Å². The van der Waals surface area contributed by atoms with Gasteiger partial charge in [0.15, 0.2) is 0 Å². The van der Waals surface area contributed by atoms with E-state index in [0.29, 0.717) is 13.2 Å². The van der Waals surface area contributed by atoms with Crippen molar-refractivity contribution in [2.45, 2.75) is 13.2 Å². The van der Waals surface area contributed by atoms with Gasteiger partial charge in [0, 0.05) is 10.9 Å². The fourth-order valence-corrected chi connectivity index (χ4v) is 2.72. The van der Waals surface area contributed by atoms with E-state index >= 15 is 0 Å². The zero-order valence-corrected chi connectivity index (χ0v) is 13.3. The monoisotopic (exact) mass is 345 g/mol. The molecule has 0 unspecified atom stereocenters. The minimum absolute atomic E-state index is 0.483. The maximum atomic E-state index is 5.94. The minimum atomic E-state index is 0.483. The fourth-order valence-electron chi connectivity index (χ4n) is 2.32. The molecule has 108 valence electrons. The minimum Gasteiger partial charge on any atom is -0.488 e. The Labute approximate surface area is 132 Å². The Kier molecular flexibility index (Phi) is 4.27. The molecule has 0 amide bonds. The van der Waals surface area contributed by atoms with Crippen LogP contribution in [0.15, 0.2) is 57.4 Å². The van der Waals surface area contributed by atoms with Gasteiger partial charge in [0.2, 0.25) is 0 Å². The number of furan rings is 1. The first-order valence-electron chi connectivity index (χ1n) is 6.81. The molecule has 1 N–H and O–H groups in total. The lowest BCUT2D eigenvalue weighted by Crippen LogP contribution is -2.07. The molecule has 0 saturated carbocycles. The third kappa shape index (κ3) is 2.96. The number of hydrogen-bond donors (Lipinski definition) is 1. The van der Waals surface area contributed by atoms with Gasteiger partial charge in [-0.25, -0.2) is 0 Å². The number of rotatable bonds is 5. The van der Waals surface area contributed by atoms with Crippen LogP contribution in [-0.4, -0.2) is 7.05 Å². The van der Waals surface area contributed by atoms with Crippen LogP contribution in [0.3, 0.4) is 0 Å². The molecular weight excluding hydrogens is 330 g/mol. The molecule has 3 aromatic rings. The van der Waals surface area contributed by atoms with Crippen LogP contribution in [-0.2, 0) is 13.2 Å². The van der Waals surface area contributed by atoms with Crippen molar-refractivity contribution >= 4 is 26.9 Å². The van der Waals surface area contributed by atoms with Crippen molar-refractivity contribution in [2.24, 2.45) is 0 Å². The second-order valence-corrected chi connectivity index (χ2v) is 5.60. The number of halogens is 1. The van der Waals surface area contributed by atoms with Gasteiger partial charge in [0.05, 0.1) is 11.0 Å². The lowest BCUT2D eigenvalue weighted by molar-refractivity contribution is 0.301. The molecule has 0 radical (unpaired) electrons. The zero-order valence-electron chi connectivity index (χ0n) is 11.7. The molecule has 21 heavy (non-hydrogen) atoms. The van der Waals surface area contributed by atoms with E-state index < -0.39 is 0 Å². The predicted molar refractivity (Wildman–Crippen MR) is 87.5 cm³/mol. The Morgan fingerprint density at radius 2 is 1.86 bits per heavy atom. The van der Waals surface area contributed by atoms with Gasteiger partial charge < -0.3 is 14.5 Å². The molecular formula is C17H16BrNO2. The highest BCUT2D eigenvalue weighted by atomic mass is 79.9. The number of hydrogen-bond acceptors (Lipinski definition) is 3. The second kappa shape index (κ2) is 6.33. The van der Waals surface area contributed by atoms with Gasteiger partial charge in [-0.3, -0.25) is 0 Å². The molecule has 0 atom stereocenters. The normalized spacial score (nSPS) is 11.0. The third-order valence-corrected chi connectivity index (χ3v) is 3.98. The van der Waals surface area contributed by atoms with E-state index in [4.69, 9.17) is 9.15 Å². The Bertz CT molecular complexity index is 751. The Morgan fingerprint density at radius 3 is 2.67 bits per heavy atom. The average Bonchev–Trinajstić information content (AvgIpc) is 2.84. The van der Waals surface area contributed by atoms with Crippen LogP contribution in [0, 0.1) is 0 Å². The van der Waals surface area contributed by atoms with Crippen molar-refractivity contribution < 1.29 is 9.15 Å². The Hall–Kier alpha value is -1.78. The summed E-state index contributed by atoms with van der Waals surface area (Å²) >= 11 is 3.50. The summed E-state index contributed by atoms with van der Waals surface area (Å²) in [7, 11) is 1.91. The third-order valence-electron chi connectivity index (χ3n) is 3.33. The number of para-hydroxylation sites is 2. The highest BCUT2D eigenvalue weighted by Crippen LogP contribution is 2.29. The summed E-state index contributed by atoms with van der Waals surface area (Å²) in [5.41, 5.74) is 1.99. The van der Waals surface area contributed by atoms with Gasteiger partial charge >= 0.3 is 0 Å². The van der Waals surface area contributed by atoms with Crippen LogP contribution in [0.5, 0.6) is 5.75 Å². The summed E-state index contributed by atoms with van der Waals surface area (Å²) in [6.07, 6.45) is 0. The first-order chi connectivity index (χ1) is 10.3. The second-order valence-electron chi connectivity index (χ2n) is 4.75. The number of benzene rings is 2. The van der Waals surface area contributed by atoms with E-state index in [-0.39, 0.29) is 0 Å². The molecule has 2 aromatic carbocycles. The number of fused-ring (bicyclic) bond motifs is 1. The van der Waals surface area contributed by atoms with E-state index in [2.05, 4.69) is 27.3 Å². The molecule has 0 aliphatic rings. The van der Waals surface area contributed by atoms with E-state index in [1.165, 1.54) is 0 Å². The molecule has 3 rings (SSSR count). The van der Waals surface area contributed by atoms with E-state index in [9.17, 15) is 0 Å².